The van der Waals surface area contributed by atoms with E-state index >= 15 is 0 Å². The van der Waals surface area contributed by atoms with E-state index in [0.717, 1.165) is 18.2 Å². The first-order valence-corrected chi connectivity index (χ1v) is 10.1. The van der Waals surface area contributed by atoms with E-state index in [2.05, 4.69) is 20.3 Å². The monoisotopic (exact) mass is 477 g/mol. The number of aromatic nitrogens is 3. The minimum atomic E-state index is -4.81. The molecule has 8 nitrogen and oxygen atoms in total. The highest BCUT2D eigenvalue weighted by Crippen LogP contribution is 2.46. The fourth-order valence-corrected chi connectivity index (χ4v) is 3.65. The number of imidazole rings is 1. The van der Waals surface area contributed by atoms with E-state index in [0.29, 0.717) is 0 Å². The molecule has 0 unspecified atom stereocenters. The molecule has 0 spiro atoms. The smallest absolute Gasteiger partial charge is 0.398 e. The first-order valence-electron chi connectivity index (χ1n) is 10.1. The summed E-state index contributed by atoms with van der Waals surface area (Å²) in [4.78, 5) is 34.8. The molecule has 0 fully saturated rings. The van der Waals surface area contributed by atoms with Gasteiger partial charge in [-0.1, -0.05) is 0 Å². The van der Waals surface area contributed by atoms with Crippen LogP contribution >= 0.6 is 0 Å². The average molecular weight is 477 g/mol. The number of nitrogens with two attached hydrogens (primary N) is 1. The second-order valence-electron chi connectivity index (χ2n) is 8.01. The highest BCUT2D eigenvalue weighted by Gasteiger charge is 2.47. The highest BCUT2D eigenvalue weighted by molar-refractivity contribution is 5.91. The number of carbonyl (C=O) groups is 2. The molecule has 1 aliphatic heterocycles. The molecule has 3 heterocycles. The largest absolute Gasteiger partial charge is 0.489 e. The number of hydrogen-bond acceptors (Lipinski definition) is 5. The van der Waals surface area contributed by atoms with Crippen molar-refractivity contribution in [1.29, 1.82) is 0 Å². The number of aromatic amines is 1. The Balaban J connectivity index is 1.81. The van der Waals surface area contributed by atoms with Gasteiger partial charge in [0, 0.05) is 30.1 Å². The summed E-state index contributed by atoms with van der Waals surface area (Å²) >= 11 is 0. The third-order valence-electron chi connectivity index (χ3n) is 5.69. The lowest BCUT2D eigenvalue weighted by atomic mass is 9.82. The van der Waals surface area contributed by atoms with E-state index in [-0.39, 0.29) is 35.0 Å². The number of nitrogens with zero attached hydrogens (tertiary/aromatic N) is 2. The molecular formula is C22H19F4N5O3. The molecule has 178 valence electrons. The van der Waals surface area contributed by atoms with Crippen molar-refractivity contribution in [3.63, 3.8) is 0 Å². The van der Waals surface area contributed by atoms with Gasteiger partial charge in [0.15, 0.2) is 5.82 Å². The van der Waals surface area contributed by atoms with Crippen molar-refractivity contribution in [2.24, 2.45) is 5.73 Å². The maximum Gasteiger partial charge on any atom is 0.398 e. The van der Waals surface area contributed by atoms with Crippen molar-refractivity contribution in [3.05, 3.63) is 65.6 Å². The number of carbonyl (C=O) groups excluding carboxylic acids is 2. The third-order valence-corrected chi connectivity index (χ3v) is 5.69. The van der Waals surface area contributed by atoms with Gasteiger partial charge in [0.1, 0.15) is 35.2 Å². The molecule has 12 heteroatoms. The first-order chi connectivity index (χ1) is 16.0. The van der Waals surface area contributed by atoms with Crippen molar-refractivity contribution in [2.45, 2.75) is 24.4 Å². The minimum absolute atomic E-state index is 0.00378. The summed E-state index contributed by atoms with van der Waals surface area (Å²) in [7, 11) is 0. The van der Waals surface area contributed by atoms with E-state index < -0.39 is 47.4 Å². The summed E-state index contributed by atoms with van der Waals surface area (Å²) in [6.07, 6.45) is -2.16. The molecule has 0 bridgehead atoms. The SMILES string of the molecule is C[C@]1(C(N)=O)COc2c1cc([C@@H](CNC(=O)c1ncc[nH]1)C(F)(F)F)nc2-c1ccc(F)cc1. The van der Waals surface area contributed by atoms with Gasteiger partial charge in [-0.3, -0.25) is 9.59 Å². The van der Waals surface area contributed by atoms with Gasteiger partial charge in [-0.05, 0) is 37.3 Å². The van der Waals surface area contributed by atoms with Crippen LogP contribution in [0.25, 0.3) is 11.3 Å². The molecule has 1 aliphatic rings. The van der Waals surface area contributed by atoms with Gasteiger partial charge in [0.05, 0.1) is 5.69 Å². The maximum absolute atomic E-state index is 14.1. The van der Waals surface area contributed by atoms with Crippen LogP contribution in [0.2, 0.25) is 0 Å². The number of H-pyrrole nitrogens is 1. The number of ether oxygens (including phenoxy) is 1. The van der Waals surface area contributed by atoms with Gasteiger partial charge < -0.3 is 20.8 Å². The summed E-state index contributed by atoms with van der Waals surface area (Å²) in [5.41, 5.74) is 4.10. The second-order valence-corrected chi connectivity index (χ2v) is 8.01. The molecule has 2 aromatic heterocycles. The van der Waals surface area contributed by atoms with Crippen molar-refractivity contribution < 1.29 is 31.9 Å². The van der Waals surface area contributed by atoms with Crippen molar-refractivity contribution in [1.82, 2.24) is 20.3 Å². The zero-order valence-electron chi connectivity index (χ0n) is 17.7. The zero-order valence-corrected chi connectivity index (χ0v) is 17.7. The molecule has 4 rings (SSSR count). The zero-order chi connectivity index (χ0) is 24.7. The number of nitrogens with one attached hydrogen (secondary N) is 2. The lowest BCUT2D eigenvalue weighted by molar-refractivity contribution is -0.149. The molecule has 0 saturated carbocycles. The predicted octanol–water partition coefficient (Wildman–Crippen LogP) is 2.82. The average Bonchev–Trinajstić information content (AvgIpc) is 3.43. The van der Waals surface area contributed by atoms with E-state index in [4.69, 9.17) is 10.5 Å². The number of primary amides is 1. The van der Waals surface area contributed by atoms with E-state index in [1.807, 2.05) is 0 Å². The molecule has 4 N–H and O–H groups in total. The molecule has 1 aromatic carbocycles. The minimum Gasteiger partial charge on any atom is -0.489 e. The van der Waals surface area contributed by atoms with Gasteiger partial charge >= 0.3 is 6.18 Å². The Kier molecular flexibility index (Phi) is 5.75. The molecule has 2 amide bonds. The Morgan fingerprint density at radius 1 is 1.29 bits per heavy atom. The van der Waals surface area contributed by atoms with Crippen molar-refractivity contribution >= 4 is 11.8 Å². The number of fused-ring (bicyclic) bond motifs is 1. The van der Waals surface area contributed by atoms with Gasteiger partial charge in [-0.15, -0.1) is 0 Å². The van der Waals surface area contributed by atoms with Crippen molar-refractivity contribution in [2.75, 3.05) is 13.2 Å². The Labute approximate surface area is 190 Å². The summed E-state index contributed by atoms with van der Waals surface area (Å²) < 4.78 is 61.4. The maximum atomic E-state index is 14.1. The standard InChI is InChI=1S/C22H19F4N5O3/c1-21(20(27)33)10-34-17-13(21)8-15(31-16(17)11-2-4-12(23)5-3-11)14(22(24,25)26)9-30-19(32)18-28-6-7-29-18/h2-8,14H,9-10H2,1H3,(H2,27,33)(H,28,29)(H,30,32)/t14-,21+/m1/s1. The number of amides is 2. The molecule has 34 heavy (non-hydrogen) atoms. The lowest BCUT2D eigenvalue weighted by Gasteiger charge is -2.23. The number of benzene rings is 1. The molecule has 0 saturated heterocycles. The predicted molar refractivity (Wildman–Crippen MR) is 111 cm³/mol. The van der Waals surface area contributed by atoms with Crippen LogP contribution in [0.15, 0.2) is 42.7 Å². The van der Waals surface area contributed by atoms with Gasteiger partial charge in [-0.25, -0.2) is 14.4 Å². The molecule has 2 atom stereocenters. The Morgan fingerprint density at radius 2 is 2.00 bits per heavy atom. The van der Waals surface area contributed by atoms with Crippen LogP contribution in [0.1, 0.15) is 34.7 Å². The number of alkyl halides is 3. The molecule has 0 aliphatic carbocycles. The summed E-state index contributed by atoms with van der Waals surface area (Å²) in [5, 5.41) is 2.20. The fraction of sp³-hybridized carbons (Fsp3) is 0.273. The molecule has 3 aromatic rings. The highest BCUT2D eigenvalue weighted by atomic mass is 19.4. The number of pyridine rings is 1. The van der Waals surface area contributed by atoms with Gasteiger partial charge in [-0.2, -0.15) is 13.2 Å². The number of hydrogen-bond donors (Lipinski definition) is 3. The van der Waals surface area contributed by atoms with Crippen LogP contribution in [-0.4, -0.2) is 46.1 Å². The first kappa shape index (κ1) is 23.2. The van der Waals surface area contributed by atoms with Crippen molar-refractivity contribution in [3.8, 4) is 17.0 Å². The topological polar surface area (TPSA) is 123 Å². The lowest BCUT2D eigenvalue weighted by Crippen LogP contribution is -2.40. The molecular weight excluding hydrogens is 458 g/mol. The van der Waals surface area contributed by atoms with Crippen LogP contribution in [-0.2, 0) is 10.2 Å². The van der Waals surface area contributed by atoms with Crippen LogP contribution in [0.4, 0.5) is 17.6 Å². The quantitative estimate of drug-likeness (QED) is 0.471. The summed E-state index contributed by atoms with van der Waals surface area (Å²) in [6.45, 7) is 0.426. The van der Waals surface area contributed by atoms with Crippen LogP contribution in [0.5, 0.6) is 5.75 Å². The normalized spacial score (nSPS) is 18.1. The summed E-state index contributed by atoms with van der Waals surface area (Å²) in [5.74, 6) is -4.45. The summed E-state index contributed by atoms with van der Waals surface area (Å²) in [6, 6.07) is 6.06. The third kappa shape index (κ3) is 4.18. The van der Waals surface area contributed by atoms with E-state index in [9.17, 15) is 27.2 Å². The van der Waals surface area contributed by atoms with Crippen LogP contribution < -0.4 is 15.8 Å². The molecule has 0 radical (unpaired) electrons. The number of rotatable bonds is 6. The Bertz CT molecular complexity index is 1230. The van der Waals surface area contributed by atoms with Crippen LogP contribution in [0, 0.1) is 5.82 Å². The Hall–Kier alpha value is -3.96. The Morgan fingerprint density at radius 3 is 2.59 bits per heavy atom. The van der Waals surface area contributed by atoms with E-state index in [1.165, 1.54) is 31.5 Å². The van der Waals surface area contributed by atoms with Crippen LogP contribution in [0.3, 0.4) is 0 Å². The number of halogens is 4. The fourth-order valence-electron chi connectivity index (χ4n) is 3.65. The van der Waals surface area contributed by atoms with Gasteiger partial charge in [0.25, 0.3) is 5.91 Å². The van der Waals surface area contributed by atoms with Gasteiger partial charge in [0.2, 0.25) is 5.91 Å². The second kappa shape index (κ2) is 8.43. The van der Waals surface area contributed by atoms with E-state index in [1.54, 1.807) is 0 Å².